The molecular formula is C19H21ClO2. The zero-order valence-corrected chi connectivity index (χ0v) is 13.6. The molecule has 4 atom stereocenters. The second-order valence-corrected chi connectivity index (χ2v) is 7.68. The summed E-state index contributed by atoms with van der Waals surface area (Å²) in [5.74, 6) is 1.15. The number of carbonyl (C=O) groups is 1. The molecule has 4 rings (SSSR count). The van der Waals surface area contributed by atoms with Crippen molar-refractivity contribution in [1.29, 1.82) is 0 Å². The third kappa shape index (κ3) is 1.93. The van der Waals surface area contributed by atoms with Gasteiger partial charge in [-0.05, 0) is 60.3 Å². The molecule has 0 bridgehead atoms. The van der Waals surface area contributed by atoms with Crippen LogP contribution in [0.15, 0.2) is 46.1 Å². The van der Waals surface area contributed by atoms with Crippen molar-refractivity contribution < 1.29 is 9.90 Å². The average molecular weight is 317 g/mol. The molecular weight excluding hydrogens is 296 g/mol. The minimum atomic E-state index is -0.597. The number of hydrogen-bond acceptors (Lipinski definition) is 2. The second-order valence-electron chi connectivity index (χ2n) is 7.25. The average Bonchev–Trinajstić information content (AvgIpc) is 2.51. The van der Waals surface area contributed by atoms with Crippen LogP contribution in [0.3, 0.4) is 0 Å². The van der Waals surface area contributed by atoms with Gasteiger partial charge in [-0.15, -0.1) is 0 Å². The molecule has 116 valence electrons. The van der Waals surface area contributed by atoms with Crippen LogP contribution in [0.2, 0.25) is 0 Å². The lowest BCUT2D eigenvalue weighted by Crippen LogP contribution is -2.46. The second kappa shape index (κ2) is 4.94. The van der Waals surface area contributed by atoms with E-state index in [-0.39, 0.29) is 11.2 Å². The van der Waals surface area contributed by atoms with Crippen LogP contribution >= 0.6 is 11.6 Å². The van der Waals surface area contributed by atoms with Gasteiger partial charge in [-0.25, -0.2) is 0 Å². The van der Waals surface area contributed by atoms with E-state index in [9.17, 15) is 9.90 Å². The molecule has 0 radical (unpaired) electrons. The maximum Gasteiger partial charge on any atom is 0.156 e. The Hall–Kier alpha value is -1.12. The number of aliphatic hydroxyl groups excluding tert-OH is 1. The highest BCUT2D eigenvalue weighted by Gasteiger charge is 2.49. The molecule has 4 aliphatic rings. The van der Waals surface area contributed by atoms with Crippen LogP contribution in [0.1, 0.15) is 39.0 Å². The fourth-order valence-corrected chi connectivity index (χ4v) is 5.16. The predicted octanol–water partition coefficient (Wildman–Crippen LogP) is 4.06. The van der Waals surface area contributed by atoms with Gasteiger partial charge in [0.1, 0.15) is 0 Å². The standard InChI is InChI=1S/C19H21ClO2/c1-19-9-8-14-13-5-3-12(21)10-11(13)2-4-15(14)16(19)6-7-17(20)18(19)22/h7-10,15-16,18,22H,2-6H2,1H3/t15-,16+,18?,19+/m1/s1. The minimum absolute atomic E-state index is 0.269. The van der Waals surface area contributed by atoms with Crippen molar-refractivity contribution in [2.24, 2.45) is 17.3 Å². The summed E-state index contributed by atoms with van der Waals surface area (Å²) in [6.07, 6.45) is 12.1. The van der Waals surface area contributed by atoms with Gasteiger partial charge in [-0.1, -0.05) is 36.8 Å². The first-order chi connectivity index (χ1) is 10.5. The number of rotatable bonds is 0. The van der Waals surface area contributed by atoms with Crippen molar-refractivity contribution in [1.82, 2.24) is 0 Å². The molecule has 3 heteroatoms. The molecule has 0 aromatic carbocycles. The van der Waals surface area contributed by atoms with Gasteiger partial charge in [0.05, 0.1) is 6.10 Å². The van der Waals surface area contributed by atoms with Gasteiger partial charge in [0.15, 0.2) is 5.78 Å². The lowest BCUT2D eigenvalue weighted by molar-refractivity contribution is -0.114. The van der Waals surface area contributed by atoms with Gasteiger partial charge in [0.2, 0.25) is 0 Å². The number of halogens is 1. The van der Waals surface area contributed by atoms with Crippen molar-refractivity contribution in [2.45, 2.75) is 45.1 Å². The topological polar surface area (TPSA) is 37.3 Å². The largest absolute Gasteiger partial charge is 0.387 e. The molecule has 22 heavy (non-hydrogen) atoms. The molecule has 0 aromatic rings. The number of aliphatic hydroxyl groups is 1. The Bertz CT molecular complexity index is 667. The van der Waals surface area contributed by atoms with Crippen LogP contribution in [0.4, 0.5) is 0 Å². The third-order valence-electron chi connectivity index (χ3n) is 6.14. The molecule has 0 aromatic heterocycles. The van der Waals surface area contributed by atoms with Crippen molar-refractivity contribution in [2.75, 3.05) is 0 Å². The highest BCUT2D eigenvalue weighted by atomic mass is 35.5. The van der Waals surface area contributed by atoms with Gasteiger partial charge in [-0.3, -0.25) is 4.79 Å². The van der Waals surface area contributed by atoms with Crippen molar-refractivity contribution in [3.05, 3.63) is 46.1 Å². The summed E-state index contributed by atoms with van der Waals surface area (Å²) in [5.41, 5.74) is 3.78. The van der Waals surface area contributed by atoms with E-state index in [1.165, 1.54) is 16.7 Å². The summed E-state index contributed by atoms with van der Waals surface area (Å²) in [7, 11) is 0. The Morgan fingerprint density at radius 3 is 2.95 bits per heavy atom. The SMILES string of the molecule is C[C@]12C=CC3=C4CCC(=O)C=C4CC[C@H]3[C@@H]1CC=C(Cl)C2O. The first kappa shape index (κ1) is 14.5. The molecule has 0 amide bonds. The lowest BCUT2D eigenvalue weighted by atomic mass is 9.55. The van der Waals surface area contributed by atoms with E-state index >= 15 is 0 Å². The zero-order chi connectivity index (χ0) is 15.5. The molecule has 0 saturated carbocycles. The number of hydrogen-bond donors (Lipinski definition) is 1. The molecule has 1 N–H and O–H groups in total. The molecule has 0 saturated heterocycles. The predicted molar refractivity (Wildman–Crippen MR) is 87.4 cm³/mol. The van der Waals surface area contributed by atoms with E-state index < -0.39 is 6.10 Å². The van der Waals surface area contributed by atoms with Crippen LogP contribution < -0.4 is 0 Å². The van der Waals surface area contributed by atoms with E-state index in [0.717, 1.165) is 25.7 Å². The maximum absolute atomic E-state index is 11.7. The molecule has 0 aliphatic heterocycles. The summed E-state index contributed by atoms with van der Waals surface area (Å²) in [6.45, 7) is 2.13. The monoisotopic (exact) mass is 316 g/mol. The van der Waals surface area contributed by atoms with E-state index in [4.69, 9.17) is 11.6 Å². The normalized spacial score (nSPS) is 40.5. The Labute approximate surface area is 136 Å². The molecule has 1 unspecified atom stereocenters. The van der Waals surface area contributed by atoms with Crippen molar-refractivity contribution >= 4 is 17.4 Å². The number of fused-ring (bicyclic) bond motifs is 4. The molecule has 4 aliphatic carbocycles. The zero-order valence-electron chi connectivity index (χ0n) is 12.8. The van der Waals surface area contributed by atoms with Crippen LogP contribution in [0, 0.1) is 17.3 Å². The third-order valence-corrected chi connectivity index (χ3v) is 6.50. The summed E-state index contributed by atoms with van der Waals surface area (Å²) < 4.78 is 0. The van der Waals surface area contributed by atoms with Crippen LogP contribution in [0.25, 0.3) is 0 Å². The summed E-state index contributed by atoms with van der Waals surface area (Å²) in [4.78, 5) is 11.7. The molecule has 2 nitrogen and oxygen atoms in total. The summed E-state index contributed by atoms with van der Waals surface area (Å²) in [6, 6.07) is 0. The summed E-state index contributed by atoms with van der Waals surface area (Å²) >= 11 is 6.20. The van der Waals surface area contributed by atoms with Crippen LogP contribution in [0.5, 0.6) is 0 Å². The highest BCUT2D eigenvalue weighted by molar-refractivity contribution is 6.30. The number of ketones is 1. The van der Waals surface area contributed by atoms with E-state index in [1.54, 1.807) is 0 Å². The quantitative estimate of drug-likeness (QED) is 0.731. The van der Waals surface area contributed by atoms with Gasteiger partial charge in [0, 0.05) is 16.9 Å². The minimum Gasteiger partial charge on any atom is -0.387 e. The molecule has 0 spiro atoms. The Kier molecular flexibility index (Phi) is 3.25. The molecule has 0 fully saturated rings. The first-order valence-corrected chi connectivity index (χ1v) is 8.58. The Morgan fingerprint density at radius 1 is 1.32 bits per heavy atom. The fraction of sp³-hybridized carbons (Fsp3) is 0.526. The van der Waals surface area contributed by atoms with Gasteiger partial charge in [0.25, 0.3) is 0 Å². The van der Waals surface area contributed by atoms with E-state index in [2.05, 4.69) is 19.1 Å². The summed E-state index contributed by atoms with van der Waals surface area (Å²) in [5, 5.41) is 11.1. The Balaban J connectivity index is 1.81. The smallest absolute Gasteiger partial charge is 0.156 e. The van der Waals surface area contributed by atoms with Crippen molar-refractivity contribution in [3.63, 3.8) is 0 Å². The van der Waals surface area contributed by atoms with Gasteiger partial charge in [-0.2, -0.15) is 0 Å². The van der Waals surface area contributed by atoms with E-state index in [1.807, 2.05) is 12.2 Å². The van der Waals surface area contributed by atoms with E-state index in [0.29, 0.717) is 23.3 Å². The number of carbonyl (C=O) groups excluding carboxylic acids is 1. The number of allylic oxidation sites excluding steroid dienone is 6. The fourth-order valence-electron chi connectivity index (χ4n) is 4.83. The lowest BCUT2D eigenvalue weighted by Gasteiger charge is -2.50. The Morgan fingerprint density at radius 2 is 2.14 bits per heavy atom. The van der Waals surface area contributed by atoms with Gasteiger partial charge >= 0.3 is 0 Å². The maximum atomic E-state index is 11.7. The van der Waals surface area contributed by atoms with Crippen LogP contribution in [-0.4, -0.2) is 17.0 Å². The van der Waals surface area contributed by atoms with Gasteiger partial charge < -0.3 is 5.11 Å². The highest BCUT2D eigenvalue weighted by Crippen LogP contribution is 2.55. The van der Waals surface area contributed by atoms with Crippen molar-refractivity contribution in [3.8, 4) is 0 Å². The molecule has 0 heterocycles. The first-order valence-electron chi connectivity index (χ1n) is 8.20. The van der Waals surface area contributed by atoms with Crippen LogP contribution in [-0.2, 0) is 4.79 Å².